The van der Waals surface area contributed by atoms with Crippen LogP contribution in [-0.4, -0.2) is 29.4 Å². The van der Waals surface area contributed by atoms with Crippen LogP contribution in [0, 0.1) is 0 Å². The molecule has 0 radical (unpaired) electrons. The van der Waals surface area contributed by atoms with Gasteiger partial charge in [0.1, 0.15) is 23.0 Å². The van der Waals surface area contributed by atoms with E-state index in [1.165, 1.54) is 11.2 Å². The monoisotopic (exact) mass is 446 g/mol. The molecule has 0 aliphatic carbocycles. The van der Waals surface area contributed by atoms with E-state index in [0.717, 1.165) is 5.75 Å². The molecule has 2 heterocycles. The number of benzene rings is 2. The highest BCUT2D eigenvalue weighted by molar-refractivity contribution is 6.36. The third-order valence-electron chi connectivity index (χ3n) is 5.01. The fourth-order valence-electron chi connectivity index (χ4n) is 3.58. The van der Waals surface area contributed by atoms with Gasteiger partial charge in [0.15, 0.2) is 0 Å². The van der Waals surface area contributed by atoms with Crippen molar-refractivity contribution in [2.45, 2.75) is 33.4 Å². The van der Waals surface area contributed by atoms with Gasteiger partial charge in [0.25, 0.3) is 11.8 Å². The number of hydrogen-bond acceptors (Lipinski definition) is 6. The number of nitrogens with zero attached hydrogens (tertiary/aromatic N) is 1. The summed E-state index contributed by atoms with van der Waals surface area (Å²) < 4.78 is 16.5. The van der Waals surface area contributed by atoms with E-state index in [9.17, 15) is 9.59 Å². The summed E-state index contributed by atoms with van der Waals surface area (Å²) in [7, 11) is 0. The number of carbonyl (C=O) groups is 2. The van der Waals surface area contributed by atoms with Crippen LogP contribution < -0.4 is 14.8 Å². The first-order chi connectivity index (χ1) is 16.0. The molecule has 0 spiro atoms. The molecular formula is C26H26N2O5. The molecule has 2 amide bonds. The van der Waals surface area contributed by atoms with Crippen molar-refractivity contribution < 1.29 is 23.5 Å². The van der Waals surface area contributed by atoms with Gasteiger partial charge in [0.2, 0.25) is 0 Å². The molecule has 1 aliphatic rings. The number of anilines is 1. The lowest BCUT2D eigenvalue weighted by Crippen LogP contribution is -2.31. The molecule has 170 valence electrons. The minimum atomic E-state index is -0.414. The van der Waals surface area contributed by atoms with Crippen molar-refractivity contribution in [1.82, 2.24) is 4.90 Å². The maximum absolute atomic E-state index is 13.3. The summed E-state index contributed by atoms with van der Waals surface area (Å²) in [6, 6.07) is 17.9. The first-order valence-corrected chi connectivity index (χ1v) is 10.9. The molecule has 0 unspecified atom stereocenters. The first kappa shape index (κ1) is 22.2. The van der Waals surface area contributed by atoms with E-state index in [0.29, 0.717) is 34.9 Å². The van der Waals surface area contributed by atoms with Crippen molar-refractivity contribution in [2.75, 3.05) is 11.9 Å². The molecule has 33 heavy (non-hydrogen) atoms. The molecule has 1 aromatic heterocycles. The minimum Gasteiger partial charge on any atom is -0.494 e. The molecule has 1 aliphatic heterocycles. The van der Waals surface area contributed by atoms with Crippen molar-refractivity contribution in [2.24, 2.45) is 0 Å². The summed E-state index contributed by atoms with van der Waals surface area (Å²) in [4.78, 5) is 27.8. The molecule has 0 fully saturated rings. The predicted octanol–water partition coefficient (Wildman–Crippen LogP) is 4.86. The van der Waals surface area contributed by atoms with E-state index in [2.05, 4.69) is 5.32 Å². The van der Waals surface area contributed by atoms with Gasteiger partial charge in [0.05, 0.1) is 31.1 Å². The molecule has 0 atom stereocenters. The highest BCUT2D eigenvalue weighted by atomic mass is 16.5. The molecule has 3 aromatic rings. The van der Waals surface area contributed by atoms with Gasteiger partial charge in [-0.1, -0.05) is 12.1 Å². The third kappa shape index (κ3) is 4.92. The maximum atomic E-state index is 13.3. The van der Waals surface area contributed by atoms with Gasteiger partial charge in [-0.15, -0.1) is 0 Å². The fraction of sp³-hybridized carbons (Fsp3) is 0.231. The third-order valence-corrected chi connectivity index (χ3v) is 5.01. The Labute approximate surface area is 192 Å². The van der Waals surface area contributed by atoms with Crippen molar-refractivity contribution in [3.05, 3.63) is 83.9 Å². The summed E-state index contributed by atoms with van der Waals surface area (Å²) in [5, 5.41) is 3.15. The van der Waals surface area contributed by atoms with Crippen molar-refractivity contribution in [1.29, 1.82) is 0 Å². The van der Waals surface area contributed by atoms with Crippen LogP contribution in [0.2, 0.25) is 0 Å². The number of imide groups is 1. The zero-order valence-corrected chi connectivity index (χ0v) is 18.8. The molecule has 7 nitrogen and oxygen atoms in total. The topological polar surface area (TPSA) is 81.0 Å². The number of rotatable bonds is 9. The lowest BCUT2D eigenvalue weighted by atomic mass is 10.0. The Bertz CT molecular complexity index is 1150. The van der Waals surface area contributed by atoms with E-state index in [1.54, 1.807) is 36.4 Å². The number of nitrogens with one attached hydrogen (secondary N) is 1. The second kappa shape index (κ2) is 9.65. The lowest BCUT2D eigenvalue weighted by Gasteiger charge is -2.14. The molecule has 1 N–H and O–H groups in total. The zero-order chi connectivity index (χ0) is 23.4. The van der Waals surface area contributed by atoms with E-state index < -0.39 is 5.91 Å². The summed E-state index contributed by atoms with van der Waals surface area (Å²) in [5.74, 6) is 1.15. The van der Waals surface area contributed by atoms with Crippen LogP contribution in [-0.2, 0) is 16.1 Å². The highest BCUT2D eigenvalue weighted by Gasteiger charge is 2.39. The Balaban J connectivity index is 1.67. The Morgan fingerprint density at radius 1 is 0.939 bits per heavy atom. The Morgan fingerprint density at radius 3 is 2.24 bits per heavy atom. The first-order valence-electron chi connectivity index (χ1n) is 10.9. The summed E-state index contributed by atoms with van der Waals surface area (Å²) in [6.45, 7) is 6.41. The van der Waals surface area contributed by atoms with Crippen molar-refractivity contribution in [3.8, 4) is 11.5 Å². The van der Waals surface area contributed by atoms with E-state index >= 15 is 0 Å². The summed E-state index contributed by atoms with van der Waals surface area (Å²) in [6.07, 6.45) is 1.57. The van der Waals surface area contributed by atoms with E-state index in [4.69, 9.17) is 13.9 Å². The summed E-state index contributed by atoms with van der Waals surface area (Å²) >= 11 is 0. The van der Waals surface area contributed by atoms with Crippen LogP contribution in [0.3, 0.4) is 0 Å². The van der Waals surface area contributed by atoms with Crippen molar-refractivity contribution >= 4 is 23.1 Å². The SMILES string of the molecule is CCOc1ccc(C2=C(Nc3ccc(OC(C)C)cc3)C(=O)N(Cc3ccco3)C2=O)cc1. The average Bonchev–Trinajstić information content (AvgIpc) is 3.39. The normalized spacial score (nSPS) is 13.8. The summed E-state index contributed by atoms with van der Waals surface area (Å²) in [5.41, 5.74) is 1.82. The molecular weight excluding hydrogens is 420 g/mol. The number of carbonyl (C=O) groups excluding carboxylic acids is 2. The molecule has 0 saturated carbocycles. The Morgan fingerprint density at radius 2 is 1.64 bits per heavy atom. The largest absolute Gasteiger partial charge is 0.494 e. The number of ether oxygens (including phenoxy) is 2. The van der Waals surface area contributed by atoms with E-state index in [-0.39, 0.29) is 24.3 Å². The number of amides is 2. The van der Waals surface area contributed by atoms with Crippen LogP contribution in [0.25, 0.3) is 5.57 Å². The molecule has 4 rings (SSSR count). The zero-order valence-electron chi connectivity index (χ0n) is 18.8. The van der Waals surface area contributed by atoms with Gasteiger partial charge in [-0.25, -0.2) is 0 Å². The van der Waals surface area contributed by atoms with Gasteiger partial charge >= 0.3 is 0 Å². The number of hydrogen-bond donors (Lipinski definition) is 1. The molecule has 2 aromatic carbocycles. The Kier molecular flexibility index (Phi) is 6.49. The van der Waals surface area contributed by atoms with Gasteiger partial charge in [-0.2, -0.15) is 0 Å². The van der Waals surface area contributed by atoms with Crippen LogP contribution >= 0.6 is 0 Å². The molecule has 7 heteroatoms. The van der Waals surface area contributed by atoms with Crippen molar-refractivity contribution in [3.63, 3.8) is 0 Å². The second-order valence-corrected chi connectivity index (χ2v) is 7.80. The standard InChI is InChI=1S/C26H26N2O5/c1-4-31-20-11-7-18(8-12-20)23-24(27-19-9-13-21(14-10-19)33-17(2)3)26(30)28(25(23)29)16-22-6-5-15-32-22/h5-15,17,27H,4,16H2,1-3H3. The van der Waals surface area contributed by atoms with Crippen LogP contribution in [0.1, 0.15) is 32.1 Å². The smallest absolute Gasteiger partial charge is 0.278 e. The fourth-order valence-corrected chi connectivity index (χ4v) is 3.58. The quantitative estimate of drug-likeness (QED) is 0.473. The van der Waals surface area contributed by atoms with Crippen LogP contribution in [0.4, 0.5) is 5.69 Å². The highest BCUT2D eigenvalue weighted by Crippen LogP contribution is 2.32. The number of furan rings is 1. The van der Waals surface area contributed by atoms with Gasteiger partial charge in [-0.05, 0) is 74.9 Å². The second-order valence-electron chi connectivity index (χ2n) is 7.80. The predicted molar refractivity (Wildman–Crippen MR) is 125 cm³/mol. The lowest BCUT2D eigenvalue weighted by molar-refractivity contribution is -0.137. The minimum absolute atomic E-state index is 0.0531. The van der Waals surface area contributed by atoms with Crippen LogP contribution in [0.5, 0.6) is 11.5 Å². The average molecular weight is 447 g/mol. The van der Waals surface area contributed by atoms with Crippen LogP contribution in [0.15, 0.2) is 77.0 Å². The van der Waals surface area contributed by atoms with Gasteiger partial charge < -0.3 is 19.2 Å². The van der Waals surface area contributed by atoms with E-state index in [1.807, 2.05) is 45.0 Å². The van der Waals surface area contributed by atoms with Gasteiger partial charge in [0, 0.05) is 5.69 Å². The molecule has 0 bridgehead atoms. The maximum Gasteiger partial charge on any atom is 0.278 e. The Hall–Kier alpha value is -4.00. The van der Waals surface area contributed by atoms with Gasteiger partial charge in [-0.3, -0.25) is 14.5 Å². The molecule has 0 saturated heterocycles.